The summed E-state index contributed by atoms with van der Waals surface area (Å²) in [6.07, 6.45) is 5.15. The normalized spacial score (nSPS) is 19.5. The molecule has 0 saturated carbocycles. The SMILES string of the molecule is Cc1ccnc(OCC2CCCCN2)c1C(N)=O. The zero-order valence-corrected chi connectivity index (χ0v) is 10.6. The average molecular weight is 249 g/mol. The predicted molar refractivity (Wildman–Crippen MR) is 68.6 cm³/mol. The molecular formula is C13H19N3O2. The van der Waals surface area contributed by atoms with Crippen LogP contribution in [0.15, 0.2) is 12.3 Å². The molecule has 1 unspecified atom stereocenters. The van der Waals surface area contributed by atoms with Crippen LogP contribution in [0.25, 0.3) is 0 Å². The van der Waals surface area contributed by atoms with Crippen molar-refractivity contribution in [2.75, 3.05) is 13.2 Å². The van der Waals surface area contributed by atoms with E-state index in [1.165, 1.54) is 12.8 Å². The molecule has 1 amide bonds. The number of rotatable bonds is 4. The zero-order valence-electron chi connectivity index (χ0n) is 10.6. The number of hydrogen-bond acceptors (Lipinski definition) is 4. The Balaban J connectivity index is 2.04. The Hall–Kier alpha value is -1.62. The first kappa shape index (κ1) is 12.8. The van der Waals surface area contributed by atoms with Gasteiger partial charge in [0, 0.05) is 12.2 Å². The highest BCUT2D eigenvalue weighted by molar-refractivity contribution is 5.96. The summed E-state index contributed by atoms with van der Waals surface area (Å²) >= 11 is 0. The Bertz CT molecular complexity index is 428. The van der Waals surface area contributed by atoms with Crippen LogP contribution >= 0.6 is 0 Å². The number of nitrogens with two attached hydrogens (primary N) is 1. The number of amides is 1. The summed E-state index contributed by atoms with van der Waals surface area (Å²) in [6.45, 7) is 3.38. The molecule has 1 fully saturated rings. The topological polar surface area (TPSA) is 77.2 Å². The van der Waals surface area contributed by atoms with Gasteiger partial charge in [0.25, 0.3) is 5.91 Å². The minimum absolute atomic E-state index is 0.335. The van der Waals surface area contributed by atoms with Crippen molar-refractivity contribution in [3.05, 3.63) is 23.4 Å². The van der Waals surface area contributed by atoms with E-state index in [2.05, 4.69) is 10.3 Å². The molecule has 0 radical (unpaired) electrons. The van der Waals surface area contributed by atoms with Crippen LogP contribution in [0.1, 0.15) is 35.2 Å². The maximum atomic E-state index is 11.4. The molecule has 1 aliphatic rings. The van der Waals surface area contributed by atoms with Gasteiger partial charge < -0.3 is 15.8 Å². The van der Waals surface area contributed by atoms with E-state index in [9.17, 15) is 4.79 Å². The minimum Gasteiger partial charge on any atom is -0.475 e. The van der Waals surface area contributed by atoms with Crippen molar-refractivity contribution in [2.45, 2.75) is 32.2 Å². The number of ether oxygens (including phenoxy) is 1. The standard InChI is InChI=1S/C13H19N3O2/c1-9-5-7-16-13(11(9)12(14)17)18-8-10-4-2-3-6-15-10/h5,7,10,15H,2-4,6,8H2,1H3,(H2,14,17). The molecule has 1 aromatic rings. The summed E-state index contributed by atoms with van der Waals surface area (Å²) < 4.78 is 5.64. The Morgan fingerprint density at radius 2 is 2.44 bits per heavy atom. The number of piperidine rings is 1. The zero-order chi connectivity index (χ0) is 13.0. The lowest BCUT2D eigenvalue weighted by molar-refractivity contribution is 0.0993. The molecule has 0 aliphatic carbocycles. The third kappa shape index (κ3) is 2.98. The number of carbonyl (C=O) groups is 1. The number of nitrogens with zero attached hydrogens (tertiary/aromatic N) is 1. The van der Waals surface area contributed by atoms with E-state index < -0.39 is 5.91 Å². The maximum Gasteiger partial charge on any atom is 0.254 e. The first-order valence-corrected chi connectivity index (χ1v) is 6.30. The second kappa shape index (κ2) is 5.82. The number of carbonyl (C=O) groups excluding carboxylic acids is 1. The van der Waals surface area contributed by atoms with Gasteiger partial charge in [-0.3, -0.25) is 4.79 Å². The molecule has 1 atom stereocenters. The highest BCUT2D eigenvalue weighted by Crippen LogP contribution is 2.19. The molecule has 1 aliphatic heterocycles. The van der Waals surface area contributed by atoms with Crippen molar-refractivity contribution >= 4 is 5.91 Å². The fourth-order valence-electron chi connectivity index (χ4n) is 2.19. The molecule has 0 bridgehead atoms. The largest absolute Gasteiger partial charge is 0.475 e. The second-order valence-electron chi connectivity index (χ2n) is 4.63. The van der Waals surface area contributed by atoms with Crippen molar-refractivity contribution in [3.63, 3.8) is 0 Å². The van der Waals surface area contributed by atoms with Crippen molar-refractivity contribution < 1.29 is 9.53 Å². The first-order valence-electron chi connectivity index (χ1n) is 6.30. The van der Waals surface area contributed by atoms with Crippen molar-refractivity contribution in [3.8, 4) is 5.88 Å². The second-order valence-corrected chi connectivity index (χ2v) is 4.63. The summed E-state index contributed by atoms with van der Waals surface area (Å²) in [7, 11) is 0. The van der Waals surface area contributed by atoms with Gasteiger partial charge in [-0.15, -0.1) is 0 Å². The van der Waals surface area contributed by atoms with Gasteiger partial charge in [-0.05, 0) is 37.9 Å². The molecule has 0 spiro atoms. The van der Waals surface area contributed by atoms with Crippen LogP contribution in [0.5, 0.6) is 5.88 Å². The number of aromatic nitrogens is 1. The van der Waals surface area contributed by atoms with Gasteiger partial charge in [-0.1, -0.05) is 6.42 Å². The van der Waals surface area contributed by atoms with E-state index in [0.29, 0.717) is 24.1 Å². The van der Waals surface area contributed by atoms with E-state index in [4.69, 9.17) is 10.5 Å². The number of hydrogen-bond donors (Lipinski definition) is 2. The number of nitrogens with one attached hydrogen (secondary N) is 1. The third-order valence-corrected chi connectivity index (χ3v) is 3.20. The van der Waals surface area contributed by atoms with Crippen LogP contribution in [-0.2, 0) is 0 Å². The van der Waals surface area contributed by atoms with Gasteiger partial charge in [-0.25, -0.2) is 4.98 Å². The summed E-state index contributed by atoms with van der Waals surface area (Å²) in [4.78, 5) is 15.5. The quantitative estimate of drug-likeness (QED) is 0.835. The molecule has 18 heavy (non-hydrogen) atoms. The molecule has 2 heterocycles. The van der Waals surface area contributed by atoms with Gasteiger partial charge >= 0.3 is 0 Å². The summed E-state index contributed by atoms with van der Waals surface area (Å²) in [5, 5.41) is 3.38. The van der Waals surface area contributed by atoms with Crippen LogP contribution in [-0.4, -0.2) is 30.1 Å². The molecule has 2 rings (SSSR count). The lowest BCUT2D eigenvalue weighted by atomic mass is 10.1. The van der Waals surface area contributed by atoms with Crippen LogP contribution in [0.4, 0.5) is 0 Å². The lowest BCUT2D eigenvalue weighted by Crippen LogP contribution is -2.38. The van der Waals surface area contributed by atoms with Crippen LogP contribution in [0.3, 0.4) is 0 Å². The van der Waals surface area contributed by atoms with E-state index in [-0.39, 0.29) is 0 Å². The van der Waals surface area contributed by atoms with E-state index in [0.717, 1.165) is 18.5 Å². The molecule has 1 saturated heterocycles. The monoisotopic (exact) mass is 249 g/mol. The lowest BCUT2D eigenvalue weighted by Gasteiger charge is -2.23. The number of pyridine rings is 1. The number of aryl methyl sites for hydroxylation is 1. The van der Waals surface area contributed by atoms with Crippen molar-refractivity contribution in [2.24, 2.45) is 5.73 Å². The fraction of sp³-hybridized carbons (Fsp3) is 0.538. The summed E-state index contributed by atoms with van der Waals surface area (Å²) in [5.74, 6) is -0.151. The minimum atomic E-state index is -0.493. The molecule has 5 nitrogen and oxygen atoms in total. The van der Waals surface area contributed by atoms with E-state index in [1.54, 1.807) is 12.3 Å². The van der Waals surface area contributed by atoms with Gasteiger partial charge in [0.1, 0.15) is 12.2 Å². The highest BCUT2D eigenvalue weighted by Gasteiger charge is 2.17. The van der Waals surface area contributed by atoms with Crippen molar-refractivity contribution in [1.29, 1.82) is 0 Å². The van der Waals surface area contributed by atoms with Crippen LogP contribution in [0, 0.1) is 6.92 Å². The van der Waals surface area contributed by atoms with E-state index in [1.807, 2.05) is 6.92 Å². The van der Waals surface area contributed by atoms with Crippen LogP contribution < -0.4 is 15.8 Å². The molecular weight excluding hydrogens is 230 g/mol. The first-order chi connectivity index (χ1) is 8.68. The van der Waals surface area contributed by atoms with Gasteiger partial charge in [0.2, 0.25) is 5.88 Å². The number of primary amides is 1. The summed E-state index contributed by atoms with van der Waals surface area (Å²) in [5.41, 5.74) is 6.53. The molecule has 0 aromatic carbocycles. The van der Waals surface area contributed by atoms with Gasteiger partial charge in [-0.2, -0.15) is 0 Å². The molecule has 3 N–H and O–H groups in total. The Morgan fingerprint density at radius 1 is 1.61 bits per heavy atom. The fourth-order valence-corrected chi connectivity index (χ4v) is 2.19. The molecule has 98 valence electrons. The maximum absolute atomic E-state index is 11.4. The van der Waals surface area contributed by atoms with Gasteiger partial charge in [0.15, 0.2) is 0 Å². The Morgan fingerprint density at radius 3 is 3.11 bits per heavy atom. The Labute approximate surface area is 107 Å². The predicted octanol–water partition coefficient (Wildman–Crippen LogP) is 1.01. The molecule has 5 heteroatoms. The highest BCUT2D eigenvalue weighted by atomic mass is 16.5. The van der Waals surface area contributed by atoms with E-state index >= 15 is 0 Å². The van der Waals surface area contributed by atoms with Crippen LogP contribution in [0.2, 0.25) is 0 Å². The third-order valence-electron chi connectivity index (χ3n) is 3.20. The van der Waals surface area contributed by atoms with Gasteiger partial charge in [0.05, 0.1) is 0 Å². The Kier molecular flexibility index (Phi) is 4.15. The molecule has 1 aromatic heterocycles. The summed E-state index contributed by atoms with van der Waals surface area (Å²) in [6, 6.07) is 2.09. The smallest absolute Gasteiger partial charge is 0.254 e. The average Bonchev–Trinajstić information content (AvgIpc) is 2.37. The van der Waals surface area contributed by atoms with Crippen molar-refractivity contribution in [1.82, 2.24) is 10.3 Å².